The van der Waals surface area contributed by atoms with Gasteiger partial charge in [-0.25, -0.2) is 0 Å². The smallest absolute Gasteiger partial charge is 0.272 e. The van der Waals surface area contributed by atoms with Crippen LogP contribution >= 0.6 is 0 Å². The van der Waals surface area contributed by atoms with Crippen molar-refractivity contribution in [1.29, 1.82) is 0 Å². The van der Waals surface area contributed by atoms with Crippen LogP contribution < -0.4 is 0 Å². The summed E-state index contributed by atoms with van der Waals surface area (Å²) in [7, 11) is 1.52. The largest absolute Gasteiger partial charge is 0.435 e. The molecule has 0 aliphatic heterocycles. The van der Waals surface area contributed by atoms with Gasteiger partial charge in [-0.15, -0.1) is 0 Å². The third kappa shape index (κ3) is 1.76. The zero-order valence-corrected chi connectivity index (χ0v) is 8.61. The summed E-state index contributed by atoms with van der Waals surface area (Å²) < 4.78 is 38.9. The lowest BCUT2D eigenvalue weighted by atomic mass is 10.0. The van der Waals surface area contributed by atoms with Crippen molar-refractivity contribution >= 4 is 0 Å². The van der Waals surface area contributed by atoms with Gasteiger partial charge in [-0.2, -0.15) is 18.3 Å². The van der Waals surface area contributed by atoms with E-state index in [1.807, 2.05) is 0 Å². The molecule has 1 heterocycles. The highest BCUT2D eigenvalue weighted by atomic mass is 19.4. The monoisotopic (exact) mass is 206 g/mol. The molecule has 0 saturated heterocycles. The van der Waals surface area contributed by atoms with Gasteiger partial charge in [0.05, 0.1) is 0 Å². The standard InChI is InChI=1S/C9H13F3N2/c1-5(2)7-6(3)14(4)13-8(7)9(10,11)12/h5H,1-4H3. The number of nitrogens with zero attached hydrogens (tertiary/aromatic N) is 2. The van der Waals surface area contributed by atoms with Gasteiger partial charge in [0.15, 0.2) is 5.69 Å². The molecule has 0 fully saturated rings. The Bertz CT molecular complexity index is 337. The van der Waals surface area contributed by atoms with E-state index in [0.717, 1.165) is 0 Å². The molecule has 0 amide bonds. The van der Waals surface area contributed by atoms with Crippen LogP contribution in [0.15, 0.2) is 0 Å². The Kier molecular flexibility index (Phi) is 2.61. The Morgan fingerprint density at radius 3 is 2.07 bits per heavy atom. The van der Waals surface area contributed by atoms with Crippen molar-refractivity contribution in [1.82, 2.24) is 9.78 Å². The van der Waals surface area contributed by atoms with Crippen LogP contribution in [-0.2, 0) is 13.2 Å². The molecule has 0 bridgehead atoms. The third-order valence-corrected chi connectivity index (χ3v) is 2.23. The fourth-order valence-electron chi connectivity index (χ4n) is 1.53. The average Bonchev–Trinajstić information content (AvgIpc) is 2.27. The number of hydrogen-bond acceptors (Lipinski definition) is 1. The van der Waals surface area contributed by atoms with Crippen molar-refractivity contribution < 1.29 is 13.2 Å². The van der Waals surface area contributed by atoms with Crippen molar-refractivity contribution in [3.05, 3.63) is 17.0 Å². The first kappa shape index (κ1) is 11.1. The minimum absolute atomic E-state index is 0.166. The molecule has 1 aromatic rings. The fourth-order valence-corrected chi connectivity index (χ4v) is 1.53. The second-order valence-electron chi connectivity index (χ2n) is 3.62. The van der Waals surface area contributed by atoms with E-state index in [1.165, 1.54) is 11.7 Å². The van der Waals surface area contributed by atoms with E-state index >= 15 is 0 Å². The topological polar surface area (TPSA) is 17.8 Å². The van der Waals surface area contributed by atoms with Gasteiger partial charge < -0.3 is 0 Å². The summed E-state index contributed by atoms with van der Waals surface area (Å²) in [6, 6.07) is 0. The van der Waals surface area contributed by atoms with Crippen LogP contribution in [0.3, 0.4) is 0 Å². The Morgan fingerprint density at radius 1 is 1.29 bits per heavy atom. The van der Waals surface area contributed by atoms with Gasteiger partial charge >= 0.3 is 6.18 Å². The fraction of sp³-hybridized carbons (Fsp3) is 0.667. The van der Waals surface area contributed by atoms with Crippen molar-refractivity contribution in [3.63, 3.8) is 0 Å². The zero-order chi connectivity index (χ0) is 11.1. The summed E-state index contributed by atoms with van der Waals surface area (Å²) in [5, 5.41) is 3.49. The van der Waals surface area contributed by atoms with Crippen molar-refractivity contribution in [2.24, 2.45) is 7.05 Å². The van der Waals surface area contributed by atoms with Gasteiger partial charge in [-0.1, -0.05) is 13.8 Å². The normalized spacial score (nSPS) is 12.6. The van der Waals surface area contributed by atoms with E-state index in [-0.39, 0.29) is 5.92 Å². The van der Waals surface area contributed by atoms with Crippen molar-refractivity contribution in [2.75, 3.05) is 0 Å². The molecule has 0 aromatic carbocycles. The molecule has 0 radical (unpaired) electrons. The maximum atomic E-state index is 12.5. The molecule has 0 atom stereocenters. The van der Waals surface area contributed by atoms with Gasteiger partial charge in [-0.3, -0.25) is 4.68 Å². The first-order valence-electron chi connectivity index (χ1n) is 4.35. The van der Waals surface area contributed by atoms with E-state index in [9.17, 15) is 13.2 Å². The highest BCUT2D eigenvalue weighted by Crippen LogP contribution is 2.35. The molecule has 0 aliphatic carbocycles. The SMILES string of the molecule is Cc1c(C(C)C)c(C(F)(F)F)nn1C. The van der Waals surface area contributed by atoms with E-state index < -0.39 is 11.9 Å². The number of aryl methyl sites for hydroxylation is 1. The molecule has 0 aliphatic rings. The molecule has 14 heavy (non-hydrogen) atoms. The quantitative estimate of drug-likeness (QED) is 0.690. The van der Waals surface area contributed by atoms with Gasteiger partial charge in [0.25, 0.3) is 0 Å². The Labute approximate surface area is 80.7 Å². The Balaban J connectivity index is 3.37. The van der Waals surface area contributed by atoms with Gasteiger partial charge in [0, 0.05) is 18.3 Å². The predicted octanol–water partition coefficient (Wildman–Crippen LogP) is 2.87. The molecule has 0 spiro atoms. The lowest BCUT2D eigenvalue weighted by Crippen LogP contribution is -2.10. The summed E-state index contributed by atoms with van der Waals surface area (Å²) in [6.07, 6.45) is -4.36. The van der Waals surface area contributed by atoms with Gasteiger partial charge in [0.1, 0.15) is 0 Å². The Hall–Kier alpha value is -1.00. The van der Waals surface area contributed by atoms with Crippen LogP contribution in [0.1, 0.15) is 36.7 Å². The highest BCUT2D eigenvalue weighted by molar-refractivity contribution is 5.30. The number of aromatic nitrogens is 2. The van der Waals surface area contributed by atoms with Crippen molar-refractivity contribution in [3.8, 4) is 0 Å². The number of rotatable bonds is 1. The van der Waals surface area contributed by atoms with E-state index in [2.05, 4.69) is 5.10 Å². The first-order chi connectivity index (χ1) is 6.25. The summed E-state index contributed by atoms with van der Waals surface area (Å²) >= 11 is 0. The van der Waals surface area contributed by atoms with Crippen LogP contribution in [0.5, 0.6) is 0 Å². The predicted molar refractivity (Wildman–Crippen MR) is 47.0 cm³/mol. The molecule has 5 heteroatoms. The highest BCUT2D eigenvalue weighted by Gasteiger charge is 2.38. The van der Waals surface area contributed by atoms with Crippen LogP contribution in [0.25, 0.3) is 0 Å². The molecule has 1 rings (SSSR count). The summed E-state index contributed by atoms with van der Waals surface area (Å²) in [6.45, 7) is 5.12. The van der Waals surface area contributed by atoms with Crippen LogP contribution in [0, 0.1) is 6.92 Å². The maximum Gasteiger partial charge on any atom is 0.435 e. The molecule has 0 N–H and O–H groups in total. The van der Waals surface area contributed by atoms with E-state index in [0.29, 0.717) is 11.3 Å². The average molecular weight is 206 g/mol. The Morgan fingerprint density at radius 2 is 1.79 bits per heavy atom. The van der Waals surface area contributed by atoms with Crippen molar-refractivity contribution in [2.45, 2.75) is 32.9 Å². The number of halogens is 3. The maximum absolute atomic E-state index is 12.5. The van der Waals surface area contributed by atoms with Gasteiger partial charge in [0.2, 0.25) is 0 Å². The molecule has 0 saturated carbocycles. The second-order valence-corrected chi connectivity index (χ2v) is 3.62. The van der Waals surface area contributed by atoms with Crippen LogP contribution in [-0.4, -0.2) is 9.78 Å². The minimum Gasteiger partial charge on any atom is -0.272 e. The second kappa shape index (κ2) is 3.29. The third-order valence-electron chi connectivity index (χ3n) is 2.23. The van der Waals surface area contributed by atoms with Crippen LogP contribution in [0.4, 0.5) is 13.2 Å². The summed E-state index contributed by atoms with van der Waals surface area (Å²) in [5.41, 5.74) is 0.111. The molecule has 80 valence electrons. The summed E-state index contributed by atoms with van der Waals surface area (Å²) in [4.78, 5) is 0. The molecule has 2 nitrogen and oxygen atoms in total. The van der Waals surface area contributed by atoms with Crippen LogP contribution in [0.2, 0.25) is 0 Å². The molecule has 1 aromatic heterocycles. The molecular formula is C9H13F3N2. The number of hydrogen-bond donors (Lipinski definition) is 0. The van der Waals surface area contributed by atoms with E-state index in [1.54, 1.807) is 20.8 Å². The van der Waals surface area contributed by atoms with E-state index in [4.69, 9.17) is 0 Å². The zero-order valence-electron chi connectivity index (χ0n) is 8.61. The lowest BCUT2D eigenvalue weighted by molar-refractivity contribution is -0.142. The minimum atomic E-state index is -4.36. The van der Waals surface area contributed by atoms with Gasteiger partial charge in [-0.05, 0) is 12.8 Å². The molecule has 0 unspecified atom stereocenters. The summed E-state index contributed by atoms with van der Waals surface area (Å²) in [5.74, 6) is -0.166. The lowest BCUT2D eigenvalue weighted by Gasteiger charge is -2.09. The molecular weight excluding hydrogens is 193 g/mol. The number of alkyl halides is 3. The first-order valence-corrected chi connectivity index (χ1v) is 4.35.